The number of thiazole rings is 1. The van der Waals surface area contributed by atoms with E-state index in [4.69, 9.17) is 4.74 Å². The van der Waals surface area contributed by atoms with Gasteiger partial charge in [-0.05, 0) is 58.8 Å². The Morgan fingerprint density at radius 1 is 1.19 bits per heavy atom. The maximum Gasteiger partial charge on any atom is 0.412 e. The van der Waals surface area contributed by atoms with E-state index in [0.29, 0.717) is 18.8 Å². The van der Waals surface area contributed by atoms with E-state index < -0.39 is 29.2 Å². The van der Waals surface area contributed by atoms with Crippen molar-refractivity contribution in [1.82, 2.24) is 20.1 Å². The number of ether oxygens (including phenoxy) is 1. The van der Waals surface area contributed by atoms with Crippen LogP contribution in [0, 0.1) is 11.6 Å². The zero-order valence-electron chi connectivity index (χ0n) is 21.0. The number of hydrogen-bond donors (Lipinski definition) is 2. The highest BCUT2D eigenvalue weighted by atomic mass is 32.1. The van der Waals surface area contributed by atoms with Crippen LogP contribution in [0.4, 0.5) is 24.3 Å². The normalized spacial score (nSPS) is 14.4. The van der Waals surface area contributed by atoms with Gasteiger partial charge in [0.2, 0.25) is 0 Å². The Kier molecular flexibility index (Phi) is 8.18. The summed E-state index contributed by atoms with van der Waals surface area (Å²) in [5.74, 6) is -2.19. The molecule has 2 amide bonds. The monoisotopic (exact) mass is 532 g/mol. The number of amides is 2. The van der Waals surface area contributed by atoms with Gasteiger partial charge >= 0.3 is 6.09 Å². The zero-order chi connectivity index (χ0) is 26.6. The molecule has 0 aliphatic carbocycles. The molecule has 0 spiro atoms. The van der Waals surface area contributed by atoms with Gasteiger partial charge in [-0.1, -0.05) is 23.8 Å². The summed E-state index contributed by atoms with van der Waals surface area (Å²) in [6, 6.07) is 3.46. The van der Waals surface area contributed by atoms with Crippen LogP contribution in [0.2, 0.25) is 0 Å². The molecule has 2 aromatic heterocycles. The lowest BCUT2D eigenvalue weighted by molar-refractivity contribution is 0.0636. The minimum absolute atomic E-state index is 0.0309. The largest absolute Gasteiger partial charge is 0.444 e. The standard InChI is InChI=1S/C25H30F2N6O3S/c1-25(2,3)36-24(35)31-22-20(30-21(37-22)19-17(26)8-7-9-18(19)27)23(34)33(16-14-28-29-15-16)13-12-32-10-5-4-6-11-32/h7-9,14-15H,4-6,10-13H2,1-3H3,(H,28,29)(H,31,35). The first-order valence-corrected chi connectivity index (χ1v) is 12.9. The molecule has 0 saturated carbocycles. The highest BCUT2D eigenvalue weighted by Gasteiger charge is 2.29. The number of nitrogens with zero attached hydrogens (tertiary/aromatic N) is 4. The predicted molar refractivity (Wildman–Crippen MR) is 138 cm³/mol. The van der Waals surface area contributed by atoms with E-state index in [0.717, 1.165) is 49.4 Å². The van der Waals surface area contributed by atoms with Crippen LogP contribution in [0.15, 0.2) is 30.6 Å². The fourth-order valence-corrected chi connectivity index (χ4v) is 5.04. The van der Waals surface area contributed by atoms with E-state index in [1.54, 1.807) is 27.0 Å². The molecule has 0 atom stereocenters. The Morgan fingerprint density at radius 3 is 2.51 bits per heavy atom. The highest BCUT2D eigenvalue weighted by Crippen LogP contribution is 2.36. The molecule has 37 heavy (non-hydrogen) atoms. The van der Waals surface area contributed by atoms with Crippen LogP contribution in [-0.2, 0) is 4.74 Å². The number of carbonyl (C=O) groups excluding carboxylic acids is 2. The number of benzene rings is 1. The number of aromatic amines is 1. The lowest BCUT2D eigenvalue weighted by Crippen LogP contribution is -2.41. The van der Waals surface area contributed by atoms with Crippen molar-refractivity contribution in [2.45, 2.75) is 45.6 Å². The predicted octanol–water partition coefficient (Wildman–Crippen LogP) is 5.29. The van der Waals surface area contributed by atoms with Crippen LogP contribution < -0.4 is 10.2 Å². The number of nitrogens with one attached hydrogen (secondary N) is 2. The molecular formula is C25H30F2N6O3S. The minimum Gasteiger partial charge on any atom is -0.444 e. The van der Waals surface area contributed by atoms with Crippen molar-refractivity contribution >= 4 is 34.0 Å². The molecule has 198 valence electrons. The van der Waals surface area contributed by atoms with Crippen LogP contribution in [0.3, 0.4) is 0 Å². The van der Waals surface area contributed by atoms with Crippen LogP contribution in [0.5, 0.6) is 0 Å². The van der Waals surface area contributed by atoms with Crippen molar-refractivity contribution in [2.24, 2.45) is 0 Å². The molecule has 4 rings (SSSR count). The third-order valence-electron chi connectivity index (χ3n) is 5.75. The Hall–Kier alpha value is -3.38. The van der Waals surface area contributed by atoms with Crippen molar-refractivity contribution in [3.63, 3.8) is 0 Å². The number of hydrogen-bond acceptors (Lipinski definition) is 7. The van der Waals surface area contributed by atoms with Gasteiger partial charge in [0.05, 0.1) is 17.4 Å². The van der Waals surface area contributed by atoms with Gasteiger partial charge in [-0.15, -0.1) is 0 Å². The lowest BCUT2D eigenvalue weighted by atomic mass is 10.1. The molecular weight excluding hydrogens is 502 g/mol. The van der Waals surface area contributed by atoms with Gasteiger partial charge in [0, 0.05) is 19.3 Å². The molecule has 2 N–H and O–H groups in total. The Labute approximate surface area is 217 Å². The molecule has 1 aromatic carbocycles. The number of carbonyl (C=O) groups is 2. The third kappa shape index (κ3) is 6.69. The van der Waals surface area contributed by atoms with E-state index in [2.05, 4.69) is 25.4 Å². The number of H-pyrrole nitrogens is 1. The summed E-state index contributed by atoms with van der Waals surface area (Å²) < 4.78 is 34.5. The minimum atomic E-state index is -0.826. The Morgan fingerprint density at radius 2 is 1.89 bits per heavy atom. The van der Waals surface area contributed by atoms with Crippen LogP contribution in [0.25, 0.3) is 10.6 Å². The van der Waals surface area contributed by atoms with Gasteiger partial charge < -0.3 is 14.5 Å². The smallest absolute Gasteiger partial charge is 0.412 e. The summed E-state index contributed by atoms with van der Waals surface area (Å²) in [7, 11) is 0. The van der Waals surface area contributed by atoms with Crippen molar-refractivity contribution < 1.29 is 23.1 Å². The topological polar surface area (TPSA) is 103 Å². The van der Waals surface area contributed by atoms with Gasteiger partial charge in [0.25, 0.3) is 5.91 Å². The fraction of sp³-hybridized carbons (Fsp3) is 0.440. The number of likely N-dealkylation sites (tertiary alicyclic amines) is 1. The summed E-state index contributed by atoms with van der Waals surface area (Å²) in [5, 5.41) is 9.18. The first-order chi connectivity index (χ1) is 17.6. The molecule has 0 radical (unpaired) electrons. The van der Waals surface area contributed by atoms with Gasteiger partial charge in [-0.3, -0.25) is 15.2 Å². The number of rotatable bonds is 7. The Balaban J connectivity index is 1.69. The number of piperidine rings is 1. The third-order valence-corrected chi connectivity index (χ3v) is 6.74. The quantitative estimate of drug-likeness (QED) is 0.429. The molecule has 12 heteroatoms. The SMILES string of the molecule is CC(C)(C)OC(=O)Nc1sc(-c2c(F)cccc2F)nc1C(=O)N(CCN1CCCCC1)c1cn[nH]c1. The van der Waals surface area contributed by atoms with Crippen LogP contribution >= 0.6 is 11.3 Å². The number of anilines is 2. The van der Waals surface area contributed by atoms with Crippen molar-refractivity contribution in [3.8, 4) is 10.6 Å². The van der Waals surface area contributed by atoms with E-state index in [1.165, 1.54) is 23.6 Å². The molecule has 1 aliphatic rings. The average Bonchev–Trinajstić information content (AvgIpc) is 3.49. The maximum absolute atomic E-state index is 14.6. The summed E-state index contributed by atoms with van der Waals surface area (Å²) in [4.78, 5) is 34.5. The van der Waals surface area contributed by atoms with Crippen LogP contribution in [-0.4, -0.2) is 63.9 Å². The summed E-state index contributed by atoms with van der Waals surface area (Å²) in [6.45, 7) is 7.97. The highest BCUT2D eigenvalue weighted by molar-refractivity contribution is 7.19. The summed E-state index contributed by atoms with van der Waals surface area (Å²) >= 11 is 0.800. The second kappa shape index (κ2) is 11.3. The van der Waals surface area contributed by atoms with E-state index in [-0.39, 0.29) is 21.3 Å². The van der Waals surface area contributed by atoms with Crippen LogP contribution in [0.1, 0.15) is 50.5 Å². The first kappa shape index (κ1) is 26.7. The molecule has 0 unspecified atom stereocenters. The van der Waals surface area contributed by atoms with Gasteiger partial charge in [-0.2, -0.15) is 5.10 Å². The molecule has 3 aromatic rings. The van der Waals surface area contributed by atoms with E-state index in [1.807, 2.05) is 0 Å². The van der Waals surface area contributed by atoms with E-state index in [9.17, 15) is 18.4 Å². The summed E-state index contributed by atoms with van der Waals surface area (Å²) in [6.07, 6.45) is 5.68. The molecule has 9 nitrogen and oxygen atoms in total. The van der Waals surface area contributed by atoms with Crippen molar-refractivity contribution in [3.05, 3.63) is 47.9 Å². The second-order valence-electron chi connectivity index (χ2n) is 9.74. The van der Waals surface area contributed by atoms with Gasteiger partial charge in [0.1, 0.15) is 27.2 Å². The summed E-state index contributed by atoms with van der Waals surface area (Å²) in [5.41, 5.74) is -0.802. The van der Waals surface area contributed by atoms with Gasteiger partial charge in [0.15, 0.2) is 5.69 Å². The number of aromatic nitrogens is 3. The molecule has 1 fully saturated rings. The molecule has 3 heterocycles. The molecule has 1 aliphatic heterocycles. The zero-order valence-corrected chi connectivity index (χ0v) is 21.8. The van der Waals surface area contributed by atoms with E-state index >= 15 is 0 Å². The first-order valence-electron chi connectivity index (χ1n) is 12.1. The molecule has 1 saturated heterocycles. The lowest BCUT2D eigenvalue weighted by Gasteiger charge is -2.29. The number of halogens is 2. The average molecular weight is 533 g/mol. The van der Waals surface area contributed by atoms with Gasteiger partial charge in [-0.25, -0.2) is 18.6 Å². The Bertz CT molecular complexity index is 1220. The fourth-order valence-electron chi connectivity index (χ4n) is 4.05. The maximum atomic E-state index is 14.6. The van der Waals surface area contributed by atoms with Crippen molar-refractivity contribution in [2.75, 3.05) is 36.4 Å². The second-order valence-corrected chi connectivity index (χ2v) is 10.7. The molecule has 0 bridgehead atoms. The van der Waals surface area contributed by atoms with Crippen molar-refractivity contribution in [1.29, 1.82) is 0 Å².